The number of aliphatic hydroxyl groups is 1. The molecule has 1 heterocycles. The maximum Gasteiger partial charge on any atom is 0.255 e. The molecule has 1 aliphatic heterocycles. The van der Waals surface area contributed by atoms with Crippen molar-refractivity contribution in [3.63, 3.8) is 0 Å². The van der Waals surface area contributed by atoms with Gasteiger partial charge in [-0.15, -0.1) is 0 Å². The van der Waals surface area contributed by atoms with Crippen molar-refractivity contribution >= 4 is 29.1 Å². The first-order valence-corrected chi connectivity index (χ1v) is 6.88. The Hall–Kier alpha value is -0.880. The van der Waals surface area contributed by atoms with Gasteiger partial charge in [0.15, 0.2) is 0 Å². The van der Waals surface area contributed by atoms with Crippen molar-refractivity contribution < 1.29 is 19.0 Å². The highest BCUT2D eigenvalue weighted by Gasteiger charge is 2.29. The number of hydrogen-bond donors (Lipinski definition) is 1. The molecule has 1 N–H and O–H groups in total. The summed E-state index contributed by atoms with van der Waals surface area (Å²) < 4.78 is 18.9. The van der Waals surface area contributed by atoms with E-state index in [4.69, 9.17) is 33.0 Å². The maximum atomic E-state index is 13.5. The normalized spacial score (nSPS) is 22.9. The van der Waals surface area contributed by atoms with E-state index in [-0.39, 0.29) is 34.9 Å². The van der Waals surface area contributed by atoms with Crippen molar-refractivity contribution in [3.05, 3.63) is 33.6 Å². The highest BCUT2D eigenvalue weighted by molar-refractivity contribution is 6.36. The van der Waals surface area contributed by atoms with Gasteiger partial charge in [-0.05, 0) is 19.1 Å². The number of benzene rings is 1. The van der Waals surface area contributed by atoms with Crippen molar-refractivity contribution in [1.82, 2.24) is 4.90 Å². The van der Waals surface area contributed by atoms with E-state index < -0.39 is 17.8 Å². The van der Waals surface area contributed by atoms with Crippen LogP contribution in [-0.2, 0) is 4.74 Å². The molecule has 1 fully saturated rings. The average Bonchev–Trinajstić information content (AvgIpc) is 2.41. The molecular formula is C13H14Cl2FNO3. The van der Waals surface area contributed by atoms with Crippen LogP contribution in [-0.4, -0.2) is 47.8 Å². The summed E-state index contributed by atoms with van der Waals surface area (Å²) in [7, 11) is 0. The Labute approximate surface area is 126 Å². The minimum atomic E-state index is -0.695. The van der Waals surface area contributed by atoms with Crippen LogP contribution in [0.25, 0.3) is 0 Å². The number of nitrogens with zero attached hydrogens (tertiary/aromatic N) is 1. The lowest BCUT2D eigenvalue weighted by molar-refractivity contribution is -0.0858. The molecule has 0 aliphatic carbocycles. The molecule has 0 bridgehead atoms. The van der Waals surface area contributed by atoms with Crippen molar-refractivity contribution in [2.45, 2.75) is 19.1 Å². The number of hydrogen-bond acceptors (Lipinski definition) is 3. The molecule has 2 unspecified atom stereocenters. The van der Waals surface area contributed by atoms with Gasteiger partial charge in [0, 0.05) is 13.1 Å². The zero-order chi connectivity index (χ0) is 14.9. The van der Waals surface area contributed by atoms with Crippen LogP contribution in [0, 0.1) is 5.82 Å². The topological polar surface area (TPSA) is 49.8 Å². The van der Waals surface area contributed by atoms with E-state index in [0.29, 0.717) is 6.54 Å². The summed E-state index contributed by atoms with van der Waals surface area (Å²) >= 11 is 11.6. The third kappa shape index (κ3) is 3.23. The lowest BCUT2D eigenvalue weighted by Gasteiger charge is -2.36. The molecule has 4 nitrogen and oxygen atoms in total. The fourth-order valence-electron chi connectivity index (χ4n) is 2.17. The molecule has 20 heavy (non-hydrogen) atoms. The number of carbonyl (C=O) groups is 1. The molecule has 0 saturated carbocycles. The van der Waals surface area contributed by atoms with E-state index in [1.54, 1.807) is 6.92 Å². The van der Waals surface area contributed by atoms with Crippen LogP contribution < -0.4 is 0 Å². The summed E-state index contributed by atoms with van der Waals surface area (Å²) in [6.45, 7) is 2.21. The number of morpholine rings is 1. The monoisotopic (exact) mass is 321 g/mol. The van der Waals surface area contributed by atoms with Crippen LogP contribution in [0.15, 0.2) is 12.1 Å². The molecule has 2 rings (SSSR count). The number of carbonyl (C=O) groups excluding carboxylic acids is 1. The lowest BCUT2D eigenvalue weighted by Crippen LogP contribution is -2.50. The second-order valence-corrected chi connectivity index (χ2v) is 5.52. The van der Waals surface area contributed by atoms with Gasteiger partial charge in [-0.25, -0.2) is 4.39 Å². The molecule has 110 valence electrons. The third-order valence-electron chi connectivity index (χ3n) is 3.06. The van der Waals surface area contributed by atoms with Crippen LogP contribution in [0.3, 0.4) is 0 Å². The Morgan fingerprint density at radius 1 is 1.45 bits per heavy atom. The minimum absolute atomic E-state index is 0.0550. The smallest absolute Gasteiger partial charge is 0.255 e. The highest BCUT2D eigenvalue weighted by atomic mass is 35.5. The Kier molecular flexibility index (Phi) is 4.86. The average molecular weight is 322 g/mol. The standard InChI is InChI=1S/C13H14Cl2FNO3/c1-7-4-17(5-8(6-18)20-7)13(19)9-2-12(16)11(15)3-10(9)14/h2-3,7-8,18H,4-6H2,1H3. The van der Waals surface area contributed by atoms with Gasteiger partial charge in [-0.3, -0.25) is 4.79 Å². The highest BCUT2D eigenvalue weighted by Crippen LogP contribution is 2.26. The van der Waals surface area contributed by atoms with Gasteiger partial charge in [0.1, 0.15) is 5.82 Å². The first-order chi connectivity index (χ1) is 9.42. The van der Waals surface area contributed by atoms with Gasteiger partial charge in [0.05, 0.1) is 34.4 Å². The summed E-state index contributed by atoms with van der Waals surface area (Å²) in [5.41, 5.74) is 0.0550. The molecule has 0 aromatic heterocycles. The summed E-state index contributed by atoms with van der Waals surface area (Å²) in [6, 6.07) is 2.24. The van der Waals surface area contributed by atoms with Gasteiger partial charge < -0.3 is 14.7 Å². The van der Waals surface area contributed by atoms with Crippen LogP contribution in [0.1, 0.15) is 17.3 Å². The second kappa shape index (κ2) is 6.26. The molecule has 0 spiro atoms. The lowest BCUT2D eigenvalue weighted by atomic mass is 10.1. The van der Waals surface area contributed by atoms with E-state index in [1.807, 2.05) is 0 Å². The molecule has 1 aliphatic rings. The quantitative estimate of drug-likeness (QED) is 0.851. The number of halogens is 3. The molecular weight excluding hydrogens is 308 g/mol. The van der Waals surface area contributed by atoms with Gasteiger partial charge in [0.2, 0.25) is 0 Å². The maximum absolute atomic E-state index is 13.5. The summed E-state index contributed by atoms with van der Waals surface area (Å²) in [6.07, 6.45) is -0.653. The van der Waals surface area contributed by atoms with Crippen molar-refractivity contribution in [3.8, 4) is 0 Å². The van der Waals surface area contributed by atoms with Gasteiger partial charge in [-0.1, -0.05) is 23.2 Å². The Morgan fingerprint density at radius 2 is 2.15 bits per heavy atom. The molecule has 1 amide bonds. The van der Waals surface area contributed by atoms with E-state index in [9.17, 15) is 9.18 Å². The Morgan fingerprint density at radius 3 is 2.80 bits per heavy atom. The Balaban J connectivity index is 2.24. The SMILES string of the molecule is CC1CN(C(=O)c2cc(F)c(Cl)cc2Cl)CC(CO)O1. The van der Waals surface area contributed by atoms with E-state index in [2.05, 4.69) is 0 Å². The minimum Gasteiger partial charge on any atom is -0.394 e. The molecule has 1 aromatic rings. The van der Waals surface area contributed by atoms with Crippen molar-refractivity contribution in [2.75, 3.05) is 19.7 Å². The van der Waals surface area contributed by atoms with Gasteiger partial charge in [0.25, 0.3) is 5.91 Å². The Bertz CT molecular complexity index is 527. The van der Waals surface area contributed by atoms with Crippen LogP contribution in [0.2, 0.25) is 10.0 Å². The molecule has 0 radical (unpaired) electrons. The van der Waals surface area contributed by atoms with Gasteiger partial charge in [-0.2, -0.15) is 0 Å². The summed E-state index contributed by atoms with van der Waals surface area (Å²) in [5, 5.41) is 9.12. The number of amides is 1. The third-order valence-corrected chi connectivity index (χ3v) is 3.66. The zero-order valence-corrected chi connectivity index (χ0v) is 12.3. The van der Waals surface area contributed by atoms with Crippen molar-refractivity contribution in [1.29, 1.82) is 0 Å². The first-order valence-electron chi connectivity index (χ1n) is 6.12. The van der Waals surface area contributed by atoms with E-state index >= 15 is 0 Å². The number of ether oxygens (including phenoxy) is 1. The largest absolute Gasteiger partial charge is 0.394 e. The number of aliphatic hydroxyl groups excluding tert-OH is 1. The molecule has 1 saturated heterocycles. The van der Waals surface area contributed by atoms with E-state index in [1.165, 1.54) is 11.0 Å². The van der Waals surface area contributed by atoms with Crippen LogP contribution in [0.4, 0.5) is 4.39 Å². The molecule has 7 heteroatoms. The van der Waals surface area contributed by atoms with Crippen LogP contribution >= 0.6 is 23.2 Å². The zero-order valence-electron chi connectivity index (χ0n) is 10.8. The van der Waals surface area contributed by atoms with Crippen LogP contribution in [0.5, 0.6) is 0 Å². The molecule has 2 atom stereocenters. The number of rotatable bonds is 2. The van der Waals surface area contributed by atoms with Gasteiger partial charge >= 0.3 is 0 Å². The van der Waals surface area contributed by atoms with Crippen molar-refractivity contribution in [2.24, 2.45) is 0 Å². The predicted octanol–water partition coefficient (Wildman–Crippen LogP) is 2.35. The fraction of sp³-hybridized carbons (Fsp3) is 0.462. The summed E-state index contributed by atoms with van der Waals surface area (Å²) in [4.78, 5) is 13.9. The second-order valence-electron chi connectivity index (χ2n) is 4.71. The van der Waals surface area contributed by atoms with E-state index in [0.717, 1.165) is 6.07 Å². The summed E-state index contributed by atoms with van der Waals surface area (Å²) in [5.74, 6) is -1.10. The first kappa shape index (κ1) is 15.5. The molecule has 1 aromatic carbocycles. The fourth-order valence-corrected chi connectivity index (χ4v) is 2.63. The predicted molar refractivity (Wildman–Crippen MR) is 73.7 cm³/mol.